The number of aromatic nitrogens is 1. The lowest BCUT2D eigenvalue weighted by molar-refractivity contribution is -0.125. The Kier molecular flexibility index (Phi) is 2.55. The molecule has 2 N–H and O–H groups in total. The van der Waals surface area contributed by atoms with Crippen molar-refractivity contribution < 1.29 is 9.59 Å². The molecule has 74 valence electrons. The van der Waals surface area contributed by atoms with Crippen LogP contribution in [0.15, 0.2) is 11.7 Å². The number of hydrogen-bond donors (Lipinski definition) is 2. The van der Waals surface area contributed by atoms with Crippen molar-refractivity contribution in [1.82, 2.24) is 15.6 Å². The Bertz CT molecular complexity index is 349. The van der Waals surface area contributed by atoms with Gasteiger partial charge in [0.1, 0.15) is 0 Å². The van der Waals surface area contributed by atoms with Gasteiger partial charge in [0.15, 0.2) is 0 Å². The summed E-state index contributed by atoms with van der Waals surface area (Å²) in [6, 6.07) is -0.385. The molecule has 0 aliphatic carbocycles. The van der Waals surface area contributed by atoms with Gasteiger partial charge in [-0.25, -0.2) is 0 Å². The number of hydrogen-bond acceptors (Lipinski definition) is 5. The van der Waals surface area contributed by atoms with Crippen LogP contribution in [-0.2, 0) is 16.1 Å². The summed E-state index contributed by atoms with van der Waals surface area (Å²) >= 11 is 1.52. The minimum absolute atomic E-state index is 0.211. The summed E-state index contributed by atoms with van der Waals surface area (Å²) in [6.07, 6.45) is 1.98. The van der Waals surface area contributed by atoms with E-state index in [1.807, 2.05) is 0 Å². The van der Waals surface area contributed by atoms with Gasteiger partial charge in [-0.1, -0.05) is 0 Å². The second-order valence-corrected chi connectivity index (χ2v) is 3.99. The monoisotopic (exact) mass is 211 g/mol. The zero-order valence-electron chi connectivity index (χ0n) is 7.32. The van der Waals surface area contributed by atoms with Gasteiger partial charge in [-0.3, -0.25) is 19.9 Å². The van der Waals surface area contributed by atoms with Crippen LogP contribution in [0.5, 0.6) is 0 Å². The molecular formula is C8H9N3O2S. The fraction of sp³-hybridized carbons (Fsp3) is 0.375. The van der Waals surface area contributed by atoms with Crippen LogP contribution in [0.1, 0.15) is 11.3 Å². The molecule has 0 spiro atoms. The maximum absolute atomic E-state index is 11.1. The molecule has 1 aliphatic rings. The highest BCUT2D eigenvalue weighted by atomic mass is 32.1. The molecule has 1 fully saturated rings. The number of nitrogens with zero attached hydrogens (tertiary/aromatic N) is 1. The molecular weight excluding hydrogens is 202 g/mol. The molecule has 1 aliphatic heterocycles. The van der Waals surface area contributed by atoms with Crippen molar-refractivity contribution in [1.29, 1.82) is 0 Å². The van der Waals surface area contributed by atoms with Crippen molar-refractivity contribution in [3.8, 4) is 0 Å². The first-order chi connectivity index (χ1) is 6.75. The lowest BCUT2D eigenvalue weighted by Gasteiger charge is -2.06. The molecule has 0 saturated carbocycles. The Labute approximate surface area is 84.5 Å². The van der Waals surface area contributed by atoms with Gasteiger partial charge >= 0.3 is 0 Å². The summed E-state index contributed by atoms with van der Waals surface area (Å²) in [4.78, 5) is 26.9. The minimum Gasteiger partial charge on any atom is -0.300 e. The van der Waals surface area contributed by atoms with Crippen molar-refractivity contribution in [3.05, 3.63) is 16.6 Å². The first-order valence-corrected chi connectivity index (χ1v) is 5.08. The minimum atomic E-state index is -0.385. The van der Waals surface area contributed by atoms with E-state index < -0.39 is 0 Å². The van der Waals surface area contributed by atoms with E-state index >= 15 is 0 Å². The van der Waals surface area contributed by atoms with E-state index in [9.17, 15) is 9.59 Å². The Balaban J connectivity index is 1.87. The molecule has 6 heteroatoms. The highest BCUT2D eigenvalue weighted by Crippen LogP contribution is 2.07. The molecule has 2 amide bonds. The summed E-state index contributed by atoms with van der Waals surface area (Å²) in [7, 11) is 0. The smallest absolute Gasteiger partial charge is 0.244 e. The first kappa shape index (κ1) is 9.29. The van der Waals surface area contributed by atoms with E-state index in [2.05, 4.69) is 15.6 Å². The van der Waals surface area contributed by atoms with Gasteiger partial charge in [0.2, 0.25) is 11.8 Å². The molecule has 14 heavy (non-hydrogen) atoms. The van der Waals surface area contributed by atoms with E-state index in [1.54, 1.807) is 11.7 Å². The molecule has 1 unspecified atom stereocenters. The van der Waals surface area contributed by atoms with Crippen molar-refractivity contribution in [3.63, 3.8) is 0 Å². The number of imide groups is 1. The van der Waals surface area contributed by atoms with Crippen LogP contribution in [0.2, 0.25) is 0 Å². The number of carbonyl (C=O) groups excluding carboxylic acids is 2. The van der Waals surface area contributed by atoms with Gasteiger partial charge in [-0.2, -0.15) is 0 Å². The fourth-order valence-corrected chi connectivity index (χ4v) is 1.82. The van der Waals surface area contributed by atoms with Crippen LogP contribution in [-0.4, -0.2) is 22.8 Å². The third-order valence-electron chi connectivity index (χ3n) is 1.97. The van der Waals surface area contributed by atoms with E-state index in [1.165, 1.54) is 11.3 Å². The fourth-order valence-electron chi connectivity index (χ4n) is 1.27. The highest BCUT2D eigenvalue weighted by Gasteiger charge is 2.29. The van der Waals surface area contributed by atoms with Crippen molar-refractivity contribution >= 4 is 23.2 Å². The van der Waals surface area contributed by atoms with Crippen LogP contribution in [0.4, 0.5) is 0 Å². The SMILES string of the molecule is O=C1CC(NCc2cncs2)C(=O)N1. The van der Waals surface area contributed by atoms with E-state index in [4.69, 9.17) is 0 Å². The van der Waals surface area contributed by atoms with E-state index in [-0.39, 0.29) is 24.3 Å². The molecule has 1 atom stereocenters. The quantitative estimate of drug-likeness (QED) is 0.670. The Morgan fingerprint density at radius 2 is 2.50 bits per heavy atom. The molecule has 2 heterocycles. The van der Waals surface area contributed by atoms with Crippen LogP contribution in [0.3, 0.4) is 0 Å². The predicted octanol–water partition coefficient (Wildman–Crippen LogP) is -0.352. The lowest BCUT2D eigenvalue weighted by Crippen LogP contribution is -2.35. The number of rotatable bonds is 3. The molecule has 1 aromatic heterocycles. The maximum Gasteiger partial charge on any atom is 0.244 e. The van der Waals surface area contributed by atoms with Crippen molar-refractivity contribution in [2.45, 2.75) is 19.0 Å². The third-order valence-corrected chi connectivity index (χ3v) is 2.75. The van der Waals surface area contributed by atoms with Gasteiger partial charge in [0, 0.05) is 17.6 Å². The molecule has 2 rings (SSSR count). The maximum atomic E-state index is 11.1. The van der Waals surface area contributed by atoms with Gasteiger partial charge < -0.3 is 5.32 Å². The molecule has 0 radical (unpaired) electrons. The van der Waals surface area contributed by atoms with Crippen LogP contribution in [0.25, 0.3) is 0 Å². The van der Waals surface area contributed by atoms with Gasteiger partial charge in [0.25, 0.3) is 0 Å². The van der Waals surface area contributed by atoms with E-state index in [0.717, 1.165) is 4.88 Å². The van der Waals surface area contributed by atoms with Gasteiger partial charge in [-0.15, -0.1) is 11.3 Å². The number of thiazole rings is 1. The van der Waals surface area contributed by atoms with Crippen molar-refractivity contribution in [2.24, 2.45) is 0 Å². The largest absolute Gasteiger partial charge is 0.300 e. The topological polar surface area (TPSA) is 71.1 Å². The molecule has 0 bridgehead atoms. The first-order valence-electron chi connectivity index (χ1n) is 4.20. The average molecular weight is 211 g/mol. The lowest BCUT2D eigenvalue weighted by atomic mass is 10.2. The number of carbonyl (C=O) groups is 2. The molecule has 1 aromatic rings. The zero-order valence-corrected chi connectivity index (χ0v) is 8.13. The van der Waals surface area contributed by atoms with Gasteiger partial charge in [-0.05, 0) is 0 Å². The van der Waals surface area contributed by atoms with Crippen molar-refractivity contribution in [2.75, 3.05) is 0 Å². The molecule has 5 nitrogen and oxygen atoms in total. The Morgan fingerprint density at radius 3 is 3.07 bits per heavy atom. The number of nitrogens with one attached hydrogen (secondary N) is 2. The second kappa shape index (κ2) is 3.85. The number of amides is 2. The third kappa shape index (κ3) is 1.97. The Morgan fingerprint density at radius 1 is 1.64 bits per heavy atom. The normalized spacial score (nSPS) is 21.3. The summed E-state index contributed by atoms with van der Waals surface area (Å²) in [5.41, 5.74) is 1.73. The van der Waals surface area contributed by atoms with Crippen LogP contribution in [0, 0.1) is 0 Å². The van der Waals surface area contributed by atoms with E-state index in [0.29, 0.717) is 6.54 Å². The second-order valence-electron chi connectivity index (χ2n) is 3.02. The van der Waals surface area contributed by atoms with Gasteiger partial charge in [0.05, 0.1) is 18.0 Å². The van der Waals surface area contributed by atoms with Crippen LogP contribution >= 0.6 is 11.3 Å². The zero-order chi connectivity index (χ0) is 9.97. The summed E-state index contributed by atoms with van der Waals surface area (Å²) in [5.74, 6) is -0.448. The Hall–Kier alpha value is -1.27. The standard InChI is InChI=1S/C8H9N3O2S/c12-7-1-6(8(13)11-7)10-3-5-2-9-4-14-5/h2,4,6,10H,1,3H2,(H,11,12,13). The predicted molar refractivity (Wildman–Crippen MR) is 50.5 cm³/mol. The summed E-state index contributed by atoms with van der Waals surface area (Å²) < 4.78 is 0. The molecule has 1 saturated heterocycles. The average Bonchev–Trinajstić information content (AvgIpc) is 2.72. The molecule has 0 aromatic carbocycles. The van der Waals surface area contributed by atoms with Crippen LogP contribution < -0.4 is 10.6 Å². The summed E-state index contributed by atoms with van der Waals surface area (Å²) in [6.45, 7) is 0.579. The highest BCUT2D eigenvalue weighted by molar-refractivity contribution is 7.09. The summed E-state index contributed by atoms with van der Waals surface area (Å²) in [5, 5.41) is 5.25.